The number of amides is 3. The van der Waals surface area contributed by atoms with Crippen LogP contribution in [-0.2, 0) is 25.5 Å². The lowest BCUT2D eigenvalue weighted by Crippen LogP contribution is -2.53. The lowest BCUT2D eigenvalue weighted by atomic mass is 9.92. The largest absolute Gasteiger partial charge is 0.385 e. The molecule has 2 aromatic carbocycles. The van der Waals surface area contributed by atoms with Crippen LogP contribution in [0.5, 0.6) is 0 Å². The average Bonchev–Trinajstić information content (AvgIpc) is 3.10. The number of hydrogen-bond donors (Lipinski definition) is 1. The topological polar surface area (TPSA) is 92.8 Å². The summed E-state index contributed by atoms with van der Waals surface area (Å²) in [5.74, 6) is -1.14. The van der Waals surface area contributed by atoms with Gasteiger partial charge in [-0.2, -0.15) is 0 Å². The molecule has 1 N–H and O–H groups in total. The van der Waals surface area contributed by atoms with E-state index in [-0.39, 0.29) is 24.7 Å². The van der Waals surface area contributed by atoms with Gasteiger partial charge in [-0.1, -0.05) is 49.6 Å². The minimum Gasteiger partial charge on any atom is -0.385 e. The van der Waals surface area contributed by atoms with Crippen LogP contribution in [0, 0.1) is 0 Å². The van der Waals surface area contributed by atoms with E-state index in [1.807, 2.05) is 31.2 Å². The summed E-state index contributed by atoms with van der Waals surface area (Å²) in [6.07, 6.45) is 1.79. The number of nitrogens with zero attached hydrogens (tertiary/aromatic N) is 1. The van der Waals surface area contributed by atoms with Crippen molar-refractivity contribution >= 4 is 40.8 Å². The Morgan fingerprint density at radius 3 is 2.44 bits per heavy atom. The van der Waals surface area contributed by atoms with Crippen molar-refractivity contribution in [2.75, 3.05) is 18.6 Å². The summed E-state index contributed by atoms with van der Waals surface area (Å²) >= 11 is 0. The molecule has 4 rings (SSSR count). The molecular weight excluding hydrogens is 432 g/mol. The van der Waals surface area contributed by atoms with E-state index < -0.39 is 11.9 Å². The molecule has 176 valence electrons. The van der Waals surface area contributed by atoms with Gasteiger partial charge in [0.25, 0.3) is 5.91 Å². The number of fused-ring (bicyclic) bond motifs is 1. The van der Waals surface area contributed by atoms with E-state index in [4.69, 9.17) is 0 Å². The summed E-state index contributed by atoms with van der Waals surface area (Å²) in [7, 11) is 1.68. The van der Waals surface area contributed by atoms with E-state index in [9.17, 15) is 19.2 Å². The van der Waals surface area contributed by atoms with Gasteiger partial charge in [-0.05, 0) is 42.5 Å². The van der Waals surface area contributed by atoms with Crippen molar-refractivity contribution in [1.82, 2.24) is 5.32 Å². The summed E-state index contributed by atoms with van der Waals surface area (Å²) in [5.41, 5.74) is 4.76. The van der Waals surface area contributed by atoms with Crippen molar-refractivity contribution in [3.8, 4) is 0 Å². The standard InChI is InChI=1S/C24H20N2O4.C3H8O/c1-14(12-16-6-8-17(13-27)9-7-16)18-4-3-5-19-22(18)15(2)24(30)26(19)20-10-11-21(28)25-23(20)29;1-3-4-2/h3-9,13,20H,1-2,10-12H2,(H,25,28,29);3H2,1-2H3. The molecule has 0 saturated carbocycles. The molecule has 3 amide bonds. The predicted octanol–water partition coefficient (Wildman–Crippen LogP) is 3.57. The van der Waals surface area contributed by atoms with Crippen LogP contribution < -0.4 is 10.2 Å². The van der Waals surface area contributed by atoms with Gasteiger partial charge in [0.2, 0.25) is 11.8 Å². The number of methoxy groups -OCH3 is 1. The second kappa shape index (κ2) is 10.9. The molecule has 2 heterocycles. The van der Waals surface area contributed by atoms with Crippen LogP contribution >= 0.6 is 0 Å². The van der Waals surface area contributed by atoms with E-state index in [0.717, 1.165) is 29.6 Å². The second-order valence-electron chi connectivity index (χ2n) is 8.04. The van der Waals surface area contributed by atoms with Crippen molar-refractivity contribution in [2.45, 2.75) is 32.2 Å². The highest BCUT2D eigenvalue weighted by Gasteiger charge is 2.42. The fourth-order valence-corrected chi connectivity index (χ4v) is 4.01. The third-order valence-electron chi connectivity index (χ3n) is 5.81. The van der Waals surface area contributed by atoms with Gasteiger partial charge < -0.3 is 4.74 Å². The van der Waals surface area contributed by atoms with Crippen molar-refractivity contribution in [1.29, 1.82) is 0 Å². The molecule has 1 atom stereocenters. The number of ether oxygens (including phenoxy) is 1. The van der Waals surface area contributed by atoms with Gasteiger partial charge in [-0.25, -0.2) is 0 Å². The molecule has 2 aromatic rings. The first-order valence-electron chi connectivity index (χ1n) is 11.0. The first-order valence-corrected chi connectivity index (χ1v) is 11.0. The van der Waals surface area contributed by atoms with Crippen molar-refractivity contribution < 1.29 is 23.9 Å². The van der Waals surface area contributed by atoms with Crippen molar-refractivity contribution in [3.05, 3.63) is 77.9 Å². The number of carbonyl (C=O) groups excluding carboxylic acids is 4. The van der Waals surface area contributed by atoms with E-state index in [1.54, 1.807) is 25.3 Å². The Morgan fingerprint density at radius 1 is 1.18 bits per heavy atom. The van der Waals surface area contributed by atoms with Crippen LogP contribution in [0.4, 0.5) is 5.69 Å². The highest BCUT2D eigenvalue weighted by atomic mass is 16.5. The average molecular weight is 461 g/mol. The fourth-order valence-electron chi connectivity index (χ4n) is 4.01. The monoisotopic (exact) mass is 460 g/mol. The first-order chi connectivity index (χ1) is 16.3. The van der Waals surface area contributed by atoms with Crippen molar-refractivity contribution in [2.24, 2.45) is 0 Å². The van der Waals surface area contributed by atoms with Gasteiger partial charge in [-0.15, -0.1) is 0 Å². The SMILES string of the molecule is C=C(Cc1ccc(C=O)cc1)c1cccc2c1C(=C)C(=O)N2C1CCC(=O)NC1=O.CCOC. The molecule has 1 fully saturated rings. The smallest absolute Gasteiger partial charge is 0.259 e. The van der Waals surface area contributed by atoms with E-state index in [2.05, 4.69) is 23.2 Å². The Bertz CT molecular complexity index is 1150. The zero-order chi connectivity index (χ0) is 24.8. The molecule has 34 heavy (non-hydrogen) atoms. The summed E-state index contributed by atoms with van der Waals surface area (Å²) in [4.78, 5) is 49.1. The molecule has 0 spiro atoms. The van der Waals surface area contributed by atoms with Crippen LogP contribution in [0.25, 0.3) is 11.1 Å². The lowest BCUT2D eigenvalue weighted by Gasteiger charge is -2.30. The Labute approximate surface area is 199 Å². The maximum Gasteiger partial charge on any atom is 0.259 e. The number of piperidine rings is 1. The van der Waals surface area contributed by atoms with Gasteiger partial charge in [0.15, 0.2) is 0 Å². The molecule has 7 nitrogen and oxygen atoms in total. The van der Waals surface area contributed by atoms with E-state index >= 15 is 0 Å². The molecular formula is C27H28N2O5. The number of allylic oxidation sites excluding steroid dienone is 1. The third-order valence-corrected chi connectivity index (χ3v) is 5.81. The normalized spacial score (nSPS) is 17.0. The van der Waals surface area contributed by atoms with E-state index in [0.29, 0.717) is 28.8 Å². The van der Waals surface area contributed by atoms with Crippen LogP contribution in [0.15, 0.2) is 55.6 Å². The minimum atomic E-state index is -0.743. The summed E-state index contributed by atoms with van der Waals surface area (Å²) < 4.78 is 4.54. The van der Waals surface area contributed by atoms with Gasteiger partial charge in [0, 0.05) is 36.8 Å². The molecule has 0 aliphatic carbocycles. The van der Waals surface area contributed by atoms with Crippen LogP contribution in [0.2, 0.25) is 0 Å². The third kappa shape index (κ3) is 5.05. The summed E-state index contributed by atoms with van der Waals surface area (Å²) in [6.45, 7) is 10.9. The molecule has 7 heteroatoms. The number of rotatable bonds is 6. The predicted molar refractivity (Wildman–Crippen MR) is 131 cm³/mol. The maximum atomic E-state index is 13.0. The number of nitrogens with one attached hydrogen (secondary N) is 1. The molecule has 2 aliphatic heterocycles. The Hall–Kier alpha value is -3.84. The quantitative estimate of drug-likeness (QED) is 0.404. The van der Waals surface area contributed by atoms with Crippen LogP contribution in [0.3, 0.4) is 0 Å². The number of imide groups is 1. The molecule has 1 unspecified atom stereocenters. The maximum absolute atomic E-state index is 13.0. The van der Waals surface area contributed by atoms with Crippen LogP contribution in [0.1, 0.15) is 46.8 Å². The van der Waals surface area contributed by atoms with Gasteiger partial charge in [-0.3, -0.25) is 29.4 Å². The molecule has 0 radical (unpaired) electrons. The molecule has 1 saturated heterocycles. The zero-order valence-corrected chi connectivity index (χ0v) is 19.4. The number of aldehydes is 1. The number of hydrogen-bond acceptors (Lipinski definition) is 5. The molecule has 0 bridgehead atoms. The van der Waals surface area contributed by atoms with Gasteiger partial charge >= 0.3 is 0 Å². The number of carbonyl (C=O) groups is 4. The summed E-state index contributed by atoms with van der Waals surface area (Å²) in [5, 5.41) is 2.31. The first kappa shape index (κ1) is 24.8. The number of anilines is 1. The minimum absolute atomic E-state index is 0.186. The molecule has 0 aromatic heterocycles. The van der Waals surface area contributed by atoms with Crippen LogP contribution in [-0.4, -0.2) is 43.8 Å². The van der Waals surface area contributed by atoms with E-state index in [1.165, 1.54) is 4.90 Å². The fraction of sp³-hybridized carbons (Fsp3) is 0.259. The van der Waals surface area contributed by atoms with Gasteiger partial charge in [0.1, 0.15) is 12.3 Å². The molecule has 2 aliphatic rings. The van der Waals surface area contributed by atoms with Crippen molar-refractivity contribution in [3.63, 3.8) is 0 Å². The Kier molecular flexibility index (Phi) is 7.91. The second-order valence-corrected chi connectivity index (χ2v) is 8.04. The Balaban J connectivity index is 0.000000751. The summed E-state index contributed by atoms with van der Waals surface area (Å²) in [6, 6.07) is 12.0. The number of benzene rings is 2. The zero-order valence-electron chi connectivity index (χ0n) is 19.4. The van der Waals surface area contributed by atoms with Gasteiger partial charge in [0.05, 0.1) is 5.69 Å². The highest BCUT2D eigenvalue weighted by Crippen LogP contribution is 2.42. The highest BCUT2D eigenvalue weighted by molar-refractivity contribution is 6.34. The lowest BCUT2D eigenvalue weighted by molar-refractivity contribution is -0.135. The Morgan fingerprint density at radius 2 is 1.85 bits per heavy atom.